The van der Waals surface area contributed by atoms with Crippen molar-refractivity contribution in [2.45, 2.75) is 5.16 Å². The molecule has 7 nitrogen and oxygen atoms in total. The zero-order valence-electron chi connectivity index (χ0n) is 13.0. The molecule has 0 fully saturated rings. The molecule has 0 unspecified atom stereocenters. The van der Waals surface area contributed by atoms with E-state index in [1.54, 1.807) is 24.4 Å². The summed E-state index contributed by atoms with van der Waals surface area (Å²) in [6, 6.07) is 7.01. The molecule has 1 amide bonds. The number of aromatic nitrogens is 4. The van der Waals surface area contributed by atoms with Crippen LogP contribution in [0.15, 0.2) is 46.2 Å². The quantitative estimate of drug-likeness (QED) is 0.467. The van der Waals surface area contributed by atoms with Gasteiger partial charge in [-0.1, -0.05) is 17.8 Å². The molecule has 2 heterocycles. The Morgan fingerprint density at radius 3 is 2.81 bits per heavy atom. The molecule has 0 aliphatic heterocycles. The number of carbonyl (C=O) groups is 1. The minimum Gasteiger partial charge on any atom is -0.335 e. The number of hydrogen-bond acceptors (Lipinski definition) is 6. The molecule has 26 heavy (non-hydrogen) atoms. The number of anilines is 1. The summed E-state index contributed by atoms with van der Waals surface area (Å²) in [7, 11) is 0. The van der Waals surface area contributed by atoms with Crippen LogP contribution in [0.25, 0.3) is 11.5 Å². The number of nitrogens with one attached hydrogen (secondary N) is 1. The minimum atomic E-state index is -0.880. The summed E-state index contributed by atoms with van der Waals surface area (Å²) in [4.78, 5) is 16.2. The average Bonchev–Trinajstić information content (AvgIpc) is 2.98. The van der Waals surface area contributed by atoms with Crippen LogP contribution in [0.3, 0.4) is 0 Å². The lowest BCUT2D eigenvalue weighted by molar-refractivity contribution is -0.113. The number of rotatable bonds is 5. The van der Waals surface area contributed by atoms with Gasteiger partial charge in [0.2, 0.25) is 16.9 Å². The van der Waals surface area contributed by atoms with Crippen LogP contribution in [0.4, 0.5) is 14.5 Å². The number of pyridine rings is 1. The molecule has 0 saturated heterocycles. The van der Waals surface area contributed by atoms with Crippen molar-refractivity contribution in [2.24, 2.45) is 0 Å². The minimum absolute atomic E-state index is 0.0964. The second-order valence-electron chi connectivity index (χ2n) is 4.97. The number of hydrogen-bond donors (Lipinski definition) is 2. The Bertz CT molecular complexity index is 930. The number of benzene rings is 1. The van der Waals surface area contributed by atoms with Gasteiger partial charge >= 0.3 is 0 Å². The predicted molar refractivity (Wildman–Crippen MR) is 96.8 cm³/mol. The first-order chi connectivity index (χ1) is 12.5. The van der Waals surface area contributed by atoms with Gasteiger partial charge < -0.3 is 11.2 Å². The second kappa shape index (κ2) is 7.79. The molecule has 0 radical (unpaired) electrons. The number of thioether (sulfide) groups is 1. The Morgan fingerprint density at radius 1 is 1.31 bits per heavy atom. The van der Waals surface area contributed by atoms with E-state index in [0.717, 1.165) is 17.8 Å². The lowest BCUT2D eigenvalue weighted by Gasteiger charge is -2.08. The lowest BCUT2D eigenvalue weighted by Crippen LogP contribution is -2.17. The van der Waals surface area contributed by atoms with E-state index in [1.807, 2.05) is 0 Å². The Kier molecular flexibility index (Phi) is 5.47. The molecule has 134 valence electrons. The normalized spacial score (nSPS) is 10.7. The molecule has 0 spiro atoms. The van der Waals surface area contributed by atoms with Crippen LogP contribution >= 0.6 is 27.7 Å². The summed E-state index contributed by atoms with van der Waals surface area (Å²) in [6.07, 6.45) is 1.60. The smallest absolute Gasteiger partial charge is 0.234 e. The van der Waals surface area contributed by atoms with Gasteiger partial charge in [0.05, 0.1) is 11.4 Å². The Morgan fingerprint density at radius 2 is 2.12 bits per heavy atom. The zero-order valence-corrected chi connectivity index (χ0v) is 15.4. The van der Waals surface area contributed by atoms with Crippen LogP contribution in [0, 0.1) is 11.6 Å². The molecule has 0 aliphatic rings. The van der Waals surface area contributed by atoms with Crippen LogP contribution in [-0.4, -0.2) is 31.5 Å². The number of nitrogen functional groups attached to an aromatic ring is 1. The van der Waals surface area contributed by atoms with Gasteiger partial charge in [0.15, 0.2) is 5.82 Å². The maximum Gasteiger partial charge on any atom is 0.234 e. The molecule has 3 N–H and O–H groups in total. The number of nitrogens with zero attached hydrogens (tertiary/aromatic N) is 4. The van der Waals surface area contributed by atoms with Crippen LogP contribution in [-0.2, 0) is 4.79 Å². The third-order valence-corrected chi connectivity index (χ3v) is 4.73. The van der Waals surface area contributed by atoms with E-state index in [-0.39, 0.29) is 15.9 Å². The summed E-state index contributed by atoms with van der Waals surface area (Å²) < 4.78 is 28.1. The van der Waals surface area contributed by atoms with Gasteiger partial charge in [0.25, 0.3) is 0 Å². The van der Waals surface area contributed by atoms with E-state index in [2.05, 4.69) is 36.4 Å². The highest BCUT2D eigenvalue weighted by atomic mass is 79.9. The third-order valence-electron chi connectivity index (χ3n) is 3.16. The average molecular weight is 441 g/mol. The van der Waals surface area contributed by atoms with Gasteiger partial charge in [0, 0.05) is 16.7 Å². The van der Waals surface area contributed by atoms with Crippen molar-refractivity contribution in [3.8, 4) is 11.5 Å². The molecule has 1 aromatic carbocycles. The SMILES string of the molecule is Nn1c(SCC(=O)Nc2c(F)cc(F)cc2Br)nnc1-c1ccccn1. The zero-order chi connectivity index (χ0) is 18.7. The molecule has 3 aromatic rings. The largest absolute Gasteiger partial charge is 0.335 e. The molecule has 2 aromatic heterocycles. The fraction of sp³-hybridized carbons (Fsp3) is 0.0667. The monoisotopic (exact) mass is 440 g/mol. The van der Waals surface area contributed by atoms with E-state index >= 15 is 0 Å². The van der Waals surface area contributed by atoms with Crippen molar-refractivity contribution in [2.75, 3.05) is 16.9 Å². The highest BCUT2D eigenvalue weighted by Gasteiger charge is 2.16. The van der Waals surface area contributed by atoms with Crippen LogP contribution in [0.1, 0.15) is 0 Å². The molecule has 3 rings (SSSR count). The first kappa shape index (κ1) is 18.3. The van der Waals surface area contributed by atoms with E-state index in [0.29, 0.717) is 22.7 Å². The predicted octanol–water partition coefficient (Wildman–Crippen LogP) is 2.83. The summed E-state index contributed by atoms with van der Waals surface area (Å²) in [5.41, 5.74) is 0.400. The molecular formula is C15H11BrF2N6OS. The number of amides is 1. The van der Waals surface area contributed by atoms with Crippen molar-refractivity contribution >= 4 is 39.3 Å². The number of carbonyl (C=O) groups excluding carboxylic acids is 1. The summed E-state index contributed by atoms with van der Waals surface area (Å²) in [5, 5.41) is 10.5. The van der Waals surface area contributed by atoms with Crippen molar-refractivity contribution in [1.82, 2.24) is 19.9 Å². The van der Waals surface area contributed by atoms with Crippen molar-refractivity contribution in [3.63, 3.8) is 0 Å². The van der Waals surface area contributed by atoms with E-state index in [1.165, 1.54) is 4.68 Å². The van der Waals surface area contributed by atoms with Gasteiger partial charge in [-0.05, 0) is 34.1 Å². The van der Waals surface area contributed by atoms with E-state index in [9.17, 15) is 13.6 Å². The fourth-order valence-electron chi connectivity index (χ4n) is 2.01. The van der Waals surface area contributed by atoms with Crippen LogP contribution in [0.5, 0.6) is 0 Å². The second-order valence-corrected chi connectivity index (χ2v) is 6.77. The van der Waals surface area contributed by atoms with Gasteiger partial charge in [-0.25, -0.2) is 13.5 Å². The Balaban J connectivity index is 1.67. The third kappa shape index (κ3) is 3.99. The molecule has 0 bridgehead atoms. The lowest BCUT2D eigenvalue weighted by atomic mass is 10.3. The first-order valence-electron chi connectivity index (χ1n) is 7.15. The van der Waals surface area contributed by atoms with Gasteiger partial charge in [-0.3, -0.25) is 9.78 Å². The topological polar surface area (TPSA) is 98.7 Å². The van der Waals surface area contributed by atoms with E-state index < -0.39 is 17.5 Å². The van der Waals surface area contributed by atoms with Gasteiger partial charge in [-0.15, -0.1) is 10.2 Å². The Labute approximate surface area is 159 Å². The molecule has 0 saturated carbocycles. The number of nitrogens with two attached hydrogens (primary N) is 1. The van der Waals surface area contributed by atoms with Crippen LogP contribution < -0.4 is 11.2 Å². The molecular weight excluding hydrogens is 430 g/mol. The summed E-state index contributed by atoms with van der Waals surface area (Å²) >= 11 is 4.03. The summed E-state index contributed by atoms with van der Waals surface area (Å²) in [5.74, 6) is 4.04. The molecule has 0 aliphatic carbocycles. The van der Waals surface area contributed by atoms with Gasteiger partial charge in [0.1, 0.15) is 11.5 Å². The standard InChI is InChI=1S/C15H11BrF2N6OS/c16-9-5-8(17)6-10(18)13(9)21-12(25)7-26-15-23-22-14(24(15)19)11-3-1-2-4-20-11/h1-6H,7,19H2,(H,21,25). The van der Waals surface area contributed by atoms with Crippen molar-refractivity contribution in [1.29, 1.82) is 0 Å². The van der Waals surface area contributed by atoms with E-state index in [4.69, 9.17) is 5.84 Å². The Hall–Kier alpha value is -2.53. The highest BCUT2D eigenvalue weighted by Crippen LogP contribution is 2.27. The fourth-order valence-corrected chi connectivity index (χ4v) is 3.18. The summed E-state index contributed by atoms with van der Waals surface area (Å²) in [6.45, 7) is 0. The van der Waals surface area contributed by atoms with Crippen molar-refractivity contribution < 1.29 is 13.6 Å². The molecule has 0 atom stereocenters. The molecule has 11 heteroatoms. The van der Waals surface area contributed by atoms with Crippen molar-refractivity contribution in [3.05, 3.63) is 52.6 Å². The maximum atomic E-state index is 13.7. The maximum absolute atomic E-state index is 13.7. The van der Waals surface area contributed by atoms with Gasteiger partial charge in [-0.2, -0.15) is 0 Å². The first-order valence-corrected chi connectivity index (χ1v) is 8.92. The van der Waals surface area contributed by atoms with Crippen LogP contribution in [0.2, 0.25) is 0 Å². The number of halogens is 3. The highest BCUT2D eigenvalue weighted by molar-refractivity contribution is 9.10.